The number of hydrogen-bond acceptors (Lipinski definition) is 1. The zero-order valence-corrected chi connectivity index (χ0v) is 10.7. The lowest BCUT2D eigenvalue weighted by Gasteiger charge is -2.06. The predicted molar refractivity (Wildman–Crippen MR) is 66.8 cm³/mol. The quantitative estimate of drug-likeness (QED) is 0.727. The van der Waals surface area contributed by atoms with Crippen LogP contribution in [-0.2, 0) is 4.79 Å². The van der Waals surface area contributed by atoms with Gasteiger partial charge in [0.15, 0.2) is 0 Å². The number of hydrogen-bond donors (Lipinski definition) is 0. The summed E-state index contributed by atoms with van der Waals surface area (Å²) in [7, 11) is 0. The van der Waals surface area contributed by atoms with E-state index in [0.717, 1.165) is 0 Å². The van der Waals surface area contributed by atoms with Crippen LogP contribution in [0.1, 0.15) is 43.7 Å². The van der Waals surface area contributed by atoms with E-state index >= 15 is 0 Å². The van der Waals surface area contributed by atoms with Crippen molar-refractivity contribution in [3.8, 4) is 0 Å². The molecule has 1 nitrogen and oxygen atoms in total. The maximum Gasteiger partial charge on any atom is 0.225 e. The zero-order chi connectivity index (χ0) is 11.9. The first-order valence-corrected chi connectivity index (χ1v) is 6.19. The minimum atomic E-state index is -0.189. The molecule has 0 heterocycles. The van der Waals surface area contributed by atoms with Gasteiger partial charge in [0.1, 0.15) is 0 Å². The van der Waals surface area contributed by atoms with Crippen molar-refractivity contribution < 1.29 is 4.79 Å². The Morgan fingerprint density at radius 2 is 1.81 bits per heavy atom. The molecule has 16 heavy (non-hydrogen) atoms. The Labute approximate surface area is 102 Å². The first kappa shape index (κ1) is 11.7. The summed E-state index contributed by atoms with van der Waals surface area (Å²) in [5, 5.41) is -0.189. The Morgan fingerprint density at radius 1 is 1.25 bits per heavy atom. The maximum absolute atomic E-state index is 11.1. The van der Waals surface area contributed by atoms with Crippen molar-refractivity contribution in [2.75, 3.05) is 0 Å². The average Bonchev–Trinajstić information content (AvgIpc) is 2.90. The van der Waals surface area contributed by atoms with Gasteiger partial charge in [-0.1, -0.05) is 45.0 Å². The molecular formula is C14H17ClO. The van der Waals surface area contributed by atoms with E-state index in [2.05, 4.69) is 45.0 Å². The molecule has 3 unspecified atom stereocenters. The van der Waals surface area contributed by atoms with Gasteiger partial charge in [0.25, 0.3) is 0 Å². The fourth-order valence-corrected chi connectivity index (χ4v) is 2.76. The van der Waals surface area contributed by atoms with E-state index in [9.17, 15) is 4.79 Å². The van der Waals surface area contributed by atoms with Crippen molar-refractivity contribution >= 4 is 16.8 Å². The minimum Gasteiger partial charge on any atom is -0.281 e. The van der Waals surface area contributed by atoms with Gasteiger partial charge in [-0.25, -0.2) is 0 Å². The fraction of sp³-hybridized carbons (Fsp3) is 0.500. The van der Waals surface area contributed by atoms with Crippen LogP contribution in [0.2, 0.25) is 0 Å². The van der Waals surface area contributed by atoms with Gasteiger partial charge in [-0.2, -0.15) is 0 Å². The van der Waals surface area contributed by atoms with Gasteiger partial charge in [0.2, 0.25) is 5.24 Å². The van der Waals surface area contributed by atoms with E-state index < -0.39 is 0 Å². The van der Waals surface area contributed by atoms with Gasteiger partial charge in [-0.05, 0) is 40.5 Å². The lowest BCUT2D eigenvalue weighted by Crippen LogP contribution is -1.93. The molecule has 0 N–H and O–H groups in total. The summed E-state index contributed by atoms with van der Waals surface area (Å²) in [6.45, 7) is 6.45. The van der Waals surface area contributed by atoms with Crippen LogP contribution in [0.3, 0.4) is 0 Å². The Bertz CT molecular complexity index is 394. The van der Waals surface area contributed by atoms with Gasteiger partial charge in [0, 0.05) is 5.92 Å². The third kappa shape index (κ3) is 2.01. The van der Waals surface area contributed by atoms with Crippen LogP contribution in [-0.4, -0.2) is 5.24 Å². The van der Waals surface area contributed by atoms with Gasteiger partial charge < -0.3 is 0 Å². The molecule has 0 aliphatic heterocycles. The first-order valence-electron chi connectivity index (χ1n) is 5.81. The number of carbonyl (C=O) groups is 1. The van der Waals surface area contributed by atoms with Crippen molar-refractivity contribution in [3.05, 3.63) is 35.4 Å². The molecular weight excluding hydrogens is 220 g/mol. The number of halogens is 1. The van der Waals surface area contributed by atoms with Crippen molar-refractivity contribution in [1.82, 2.24) is 0 Å². The van der Waals surface area contributed by atoms with E-state index in [-0.39, 0.29) is 11.2 Å². The van der Waals surface area contributed by atoms with E-state index in [1.54, 1.807) is 0 Å². The number of rotatable bonds is 3. The lowest BCUT2D eigenvalue weighted by molar-refractivity contribution is -0.113. The highest BCUT2D eigenvalue weighted by Gasteiger charge is 2.51. The molecule has 1 aliphatic rings. The van der Waals surface area contributed by atoms with Crippen LogP contribution < -0.4 is 0 Å². The highest BCUT2D eigenvalue weighted by molar-refractivity contribution is 6.64. The largest absolute Gasteiger partial charge is 0.281 e. The van der Waals surface area contributed by atoms with Gasteiger partial charge in [-0.15, -0.1) is 0 Å². The van der Waals surface area contributed by atoms with Crippen LogP contribution >= 0.6 is 11.6 Å². The van der Waals surface area contributed by atoms with E-state index in [0.29, 0.717) is 17.8 Å². The normalized spacial score (nSPS) is 28.2. The molecule has 0 aromatic heterocycles. The van der Waals surface area contributed by atoms with Crippen LogP contribution in [0.25, 0.3) is 0 Å². The van der Waals surface area contributed by atoms with Crippen LogP contribution in [0, 0.1) is 11.8 Å². The summed E-state index contributed by atoms with van der Waals surface area (Å²) < 4.78 is 0. The Hall–Kier alpha value is -0.820. The third-order valence-corrected chi connectivity index (χ3v) is 3.88. The summed E-state index contributed by atoms with van der Waals surface area (Å²) in [6, 6.07) is 8.58. The standard InChI is InChI=1S/C14H17ClO/c1-8(2)10-4-6-11(7-5-10)12-9(3)13(12)14(15)16/h4-9,12-13H,1-3H3. The molecule has 0 amide bonds. The molecule has 1 aromatic carbocycles. The SMILES string of the molecule is CC(C)c1ccc(C2C(C)C2C(=O)Cl)cc1. The predicted octanol–water partition coefficient (Wildman–Crippen LogP) is 3.92. The molecule has 2 heteroatoms. The topological polar surface area (TPSA) is 17.1 Å². The highest BCUT2D eigenvalue weighted by atomic mass is 35.5. The highest BCUT2D eigenvalue weighted by Crippen LogP contribution is 2.54. The van der Waals surface area contributed by atoms with Crippen LogP contribution in [0.5, 0.6) is 0 Å². The smallest absolute Gasteiger partial charge is 0.225 e. The molecule has 86 valence electrons. The van der Waals surface area contributed by atoms with Crippen LogP contribution in [0.4, 0.5) is 0 Å². The van der Waals surface area contributed by atoms with E-state index in [4.69, 9.17) is 11.6 Å². The summed E-state index contributed by atoms with van der Waals surface area (Å²) in [5.74, 6) is 1.32. The Kier molecular flexibility index (Phi) is 3.07. The van der Waals surface area contributed by atoms with Crippen molar-refractivity contribution in [1.29, 1.82) is 0 Å². The zero-order valence-electron chi connectivity index (χ0n) is 9.91. The molecule has 1 fully saturated rings. The molecule has 0 bridgehead atoms. The monoisotopic (exact) mass is 236 g/mol. The molecule has 0 spiro atoms. The van der Waals surface area contributed by atoms with Crippen molar-refractivity contribution in [2.45, 2.75) is 32.6 Å². The molecule has 2 rings (SSSR count). The second kappa shape index (κ2) is 4.21. The van der Waals surface area contributed by atoms with E-state index in [1.807, 2.05) is 0 Å². The Morgan fingerprint density at radius 3 is 2.19 bits per heavy atom. The summed E-state index contributed by atoms with van der Waals surface area (Å²) >= 11 is 5.56. The second-order valence-corrected chi connectivity index (χ2v) is 5.41. The number of carbonyl (C=O) groups excluding carboxylic acids is 1. The maximum atomic E-state index is 11.1. The molecule has 1 aliphatic carbocycles. The lowest BCUT2D eigenvalue weighted by atomic mass is 10.00. The molecule has 0 radical (unpaired) electrons. The van der Waals surface area contributed by atoms with Gasteiger partial charge in [-0.3, -0.25) is 4.79 Å². The summed E-state index contributed by atoms with van der Waals surface area (Å²) in [6.07, 6.45) is 0. The molecule has 3 atom stereocenters. The van der Waals surface area contributed by atoms with Crippen LogP contribution in [0.15, 0.2) is 24.3 Å². The van der Waals surface area contributed by atoms with Gasteiger partial charge >= 0.3 is 0 Å². The van der Waals surface area contributed by atoms with Crippen molar-refractivity contribution in [3.63, 3.8) is 0 Å². The minimum absolute atomic E-state index is 0.0339. The van der Waals surface area contributed by atoms with Crippen molar-refractivity contribution in [2.24, 2.45) is 11.8 Å². The van der Waals surface area contributed by atoms with E-state index in [1.165, 1.54) is 11.1 Å². The second-order valence-electron chi connectivity index (χ2n) is 5.04. The fourth-order valence-electron chi connectivity index (χ4n) is 2.42. The Balaban J connectivity index is 2.15. The molecule has 0 saturated heterocycles. The first-order chi connectivity index (χ1) is 7.52. The summed E-state index contributed by atoms with van der Waals surface area (Å²) in [5.41, 5.74) is 2.58. The average molecular weight is 237 g/mol. The number of benzene rings is 1. The summed E-state index contributed by atoms with van der Waals surface area (Å²) in [4.78, 5) is 11.1. The molecule has 1 aromatic rings. The van der Waals surface area contributed by atoms with Gasteiger partial charge in [0.05, 0.1) is 0 Å². The molecule has 1 saturated carbocycles. The third-order valence-electron chi connectivity index (χ3n) is 3.63.